The van der Waals surface area contributed by atoms with Crippen molar-refractivity contribution in [3.63, 3.8) is 0 Å². The number of carbonyl (C=O) groups excluding carboxylic acids is 2. The first kappa shape index (κ1) is 22.7. The van der Waals surface area contributed by atoms with Gasteiger partial charge in [0.05, 0.1) is 13.2 Å². The molecule has 0 unspecified atom stereocenters. The van der Waals surface area contributed by atoms with E-state index in [4.69, 9.17) is 9.47 Å². The van der Waals surface area contributed by atoms with Crippen molar-refractivity contribution in [2.45, 2.75) is 55.4 Å². The number of ether oxygens (including phenoxy) is 2. The van der Waals surface area contributed by atoms with Crippen molar-refractivity contribution < 1.29 is 19.1 Å². The summed E-state index contributed by atoms with van der Waals surface area (Å²) in [7, 11) is 0. The van der Waals surface area contributed by atoms with Gasteiger partial charge in [-0.25, -0.2) is 9.59 Å². The average molecular weight is 341 g/mol. The second-order valence-electron chi connectivity index (χ2n) is 7.90. The number of hydrogen-bond donors (Lipinski definition) is 0. The highest BCUT2D eigenvalue weighted by Gasteiger charge is 2.20. The van der Waals surface area contributed by atoms with Crippen LogP contribution in [0, 0.1) is 35.5 Å². The molecule has 4 heteroatoms. The molecule has 0 radical (unpaired) electrons. The Morgan fingerprint density at radius 1 is 0.625 bits per heavy atom. The van der Waals surface area contributed by atoms with Crippen molar-refractivity contribution in [2.24, 2.45) is 35.5 Å². The van der Waals surface area contributed by atoms with E-state index in [0.717, 1.165) is 12.2 Å². The fourth-order valence-electron chi connectivity index (χ4n) is 2.90. The molecule has 0 heterocycles. The highest BCUT2D eigenvalue weighted by Crippen LogP contribution is 2.21. The summed E-state index contributed by atoms with van der Waals surface area (Å²) < 4.78 is 10.5. The summed E-state index contributed by atoms with van der Waals surface area (Å²) in [6.07, 6.45) is 2.31. The lowest BCUT2D eigenvalue weighted by Gasteiger charge is -2.24. The van der Waals surface area contributed by atoms with Crippen LogP contribution in [-0.2, 0) is 19.1 Å². The maximum Gasteiger partial charge on any atom is 0.331 e. The van der Waals surface area contributed by atoms with Crippen LogP contribution in [0.25, 0.3) is 0 Å². The first-order chi connectivity index (χ1) is 11.1. The number of rotatable bonds is 10. The smallest absolute Gasteiger partial charge is 0.331 e. The zero-order valence-corrected chi connectivity index (χ0v) is 16.7. The topological polar surface area (TPSA) is 52.6 Å². The standard InChI is InChI=1S/C20H36O4/c1-13(2)17(14(3)4)11-23-19(21)9-10-20(22)24-12-18(15(5)6)16(7)8/h9-10,13-18H,11-12H2,1-8H3/b10-9-. The van der Waals surface area contributed by atoms with Gasteiger partial charge in [-0.3, -0.25) is 0 Å². The van der Waals surface area contributed by atoms with Gasteiger partial charge in [-0.1, -0.05) is 55.4 Å². The monoisotopic (exact) mass is 340 g/mol. The molecule has 0 spiro atoms. The number of carbonyl (C=O) groups is 2. The van der Waals surface area contributed by atoms with E-state index in [-0.39, 0.29) is 0 Å². The molecule has 0 fully saturated rings. The first-order valence-corrected chi connectivity index (χ1v) is 9.07. The molecule has 0 aliphatic carbocycles. The van der Waals surface area contributed by atoms with E-state index in [1.54, 1.807) is 0 Å². The van der Waals surface area contributed by atoms with Crippen LogP contribution in [0.1, 0.15) is 55.4 Å². The highest BCUT2D eigenvalue weighted by atomic mass is 16.5. The fourth-order valence-corrected chi connectivity index (χ4v) is 2.90. The van der Waals surface area contributed by atoms with Gasteiger partial charge in [0.1, 0.15) is 0 Å². The maximum atomic E-state index is 11.7. The molecule has 0 rings (SSSR count). The van der Waals surface area contributed by atoms with Crippen LogP contribution < -0.4 is 0 Å². The Labute approximate surface area is 148 Å². The second kappa shape index (κ2) is 11.3. The summed E-state index contributed by atoms with van der Waals surface area (Å²) >= 11 is 0. The van der Waals surface area contributed by atoms with Crippen molar-refractivity contribution in [1.29, 1.82) is 0 Å². The summed E-state index contributed by atoms with van der Waals surface area (Å²) in [4.78, 5) is 23.5. The Morgan fingerprint density at radius 3 is 1.08 bits per heavy atom. The number of hydrogen-bond acceptors (Lipinski definition) is 4. The van der Waals surface area contributed by atoms with E-state index in [2.05, 4.69) is 55.4 Å². The Kier molecular flexibility index (Phi) is 10.7. The van der Waals surface area contributed by atoms with Crippen molar-refractivity contribution in [3.8, 4) is 0 Å². The van der Waals surface area contributed by atoms with Crippen LogP contribution >= 0.6 is 0 Å². The maximum absolute atomic E-state index is 11.7. The van der Waals surface area contributed by atoms with Gasteiger partial charge in [-0.2, -0.15) is 0 Å². The van der Waals surface area contributed by atoms with Gasteiger partial charge < -0.3 is 9.47 Å². The third-order valence-corrected chi connectivity index (χ3v) is 4.62. The van der Waals surface area contributed by atoms with Crippen LogP contribution in [0.3, 0.4) is 0 Å². The average Bonchev–Trinajstić information content (AvgIpc) is 2.43. The molecule has 0 aliphatic heterocycles. The van der Waals surface area contributed by atoms with Crippen LogP contribution in [0.15, 0.2) is 12.2 Å². The molecule has 0 N–H and O–H groups in total. The summed E-state index contributed by atoms with van der Waals surface area (Å²) in [6, 6.07) is 0. The molecule has 140 valence electrons. The first-order valence-electron chi connectivity index (χ1n) is 9.07. The zero-order valence-electron chi connectivity index (χ0n) is 16.7. The van der Waals surface area contributed by atoms with E-state index < -0.39 is 11.9 Å². The largest absolute Gasteiger partial charge is 0.462 e. The predicted octanol–water partition coefficient (Wildman–Crippen LogP) is 4.49. The molecule has 0 bridgehead atoms. The molecule has 0 aromatic carbocycles. The van der Waals surface area contributed by atoms with E-state index in [1.807, 2.05) is 0 Å². The molecule has 0 aliphatic rings. The third kappa shape index (κ3) is 9.09. The molecule has 4 nitrogen and oxygen atoms in total. The fraction of sp³-hybridized carbons (Fsp3) is 0.800. The lowest BCUT2D eigenvalue weighted by molar-refractivity contribution is -0.142. The Balaban J connectivity index is 4.32. The lowest BCUT2D eigenvalue weighted by Crippen LogP contribution is -2.23. The van der Waals surface area contributed by atoms with E-state index in [9.17, 15) is 9.59 Å². The van der Waals surface area contributed by atoms with E-state index >= 15 is 0 Å². The second-order valence-corrected chi connectivity index (χ2v) is 7.90. The highest BCUT2D eigenvalue weighted by molar-refractivity contribution is 5.91. The molecule has 0 aromatic heterocycles. The Morgan fingerprint density at radius 2 is 0.875 bits per heavy atom. The van der Waals surface area contributed by atoms with Gasteiger partial charge in [0.15, 0.2) is 0 Å². The minimum Gasteiger partial charge on any atom is -0.462 e. The van der Waals surface area contributed by atoms with Crippen molar-refractivity contribution in [3.05, 3.63) is 12.2 Å². The van der Waals surface area contributed by atoms with Crippen LogP contribution in [0.5, 0.6) is 0 Å². The quantitative estimate of drug-likeness (QED) is 0.434. The third-order valence-electron chi connectivity index (χ3n) is 4.62. The lowest BCUT2D eigenvalue weighted by atomic mass is 9.86. The van der Waals surface area contributed by atoms with Crippen LogP contribution in [0.2, 0.25) is 0 Å². The van der Waals surface area contributed by atoms with Gasteiger partial charge in [-0.15, -0.1) is 0 Å². The SMILES string of the molecule is CC(C)C(COC(=O)/C=C\C(=O)OCC(C(C)C)C(C)C)C(C)C. The van der Waals surface area contributed by atoms with Gasteiger partial charge in [0.25, 0.3) is 0 Å². The molecule has 0 saturated carbocycles. The molecule has 24 heavy (non-hydrogen) atoms. The molecular formula is C20H36O4. The summed E-state index contributed by atoms with van der Waals surface area (Å²) in [5.74, 6) is 1.39. The summed E-state index contributed by atoms with van der Waals surface area (Å²) in [5.41, 5.74) is 0. The van der Waals surface area contributed by atoms with Crippen molar-refractivity contribution in [1.82, 2.24) is 0 Å². The Hall–Kier alpha value is -1.32. The normalized spacial score (nSPS) is 12.4. The van der Waals surface area contributed by atoms with Gasteiger partial charge in [0, 0.05) is 12.2 Å². The van der Waals surface area contributed by atoms with E-state index in [1.165, 1.54) is 0 Å². The van der Waals surface area contributed by atoms with Crippen LogP contribution in [0.4, 0.5) is 0 Å². The minimum atomic E-state index is -0.498. The molecule has 0 amide bonds. The van der Waals surface area contributed by atoms with Crippen LogP contribution in [-0.4, -0.2) is 25.2 Å². The zero-order chi connectivity index (χ0) is 18.9. The molecule has 0 atom stereocenters. The minimum absolute atomic E-state index is 0.312. The Bertz CT molecular complexity index is 354. The van der Waals surface area contributed by atoms with Gasteiger partial charge in [0.2, 0.25) is 0 Å². The van der Waals surface area contributed by atoms with Crippen molar-refractivity contribution >= 4 is 11.9 Å². The summed E-state index contributed by atoms with van der Waals surface area (Å²) in [5, 5.41) is 0. The van der Waals surface area contributed by atoms with E-state index in [0.29, 0.717) is 48.7 Å². The molecule has 0 saturated heterocycles. The summed E-state index contributed by atoms with van der Waals surface area (Å²) in [6.45, 7) is 17.7. The number of esters is 2. The van der Waals surface area contributed by atoms with Gasteiger partial charge in [-0.05, 0) is 35.5 Å². The molecular weight excluding hydrogens is 304 g/mol. The molecule has 0 aromatic rings. The predicted molar refractivity (Wildman–Crippen MR) is 97.4 cm³/mol. The van der Waals surface area contributed by atoms with Crippen molar-refractivity contribution in [2.75, 3.05) is 13.2 Å². The van der Waals surface area contributed by atoms with Gasteiger partial charge >= 0.3 is 11.9 Å².